The van der Waals surface area contributed by atoms with E-state index in [1.807, 2.05) is 6.07 Å². The van der Waals surface area contributed by atoms with Gasteiger partial charge in [-0.15, -0.1) is 24.0 Å². The van der Waals surface area contributed by atoms with E-state index >= 15 is 0 Å². The summed E-state index contributed by atoms with van der Waals surface area (Å²) in [5.41, 5.74) is 0.932. The van der Waals surface area contributed by atoms with Gasteiger partial charge >= 0.3 is 6.18 Å². The number of nitrogens with one attached hydrogen (secondary N) is 2. The van der Waals surface area contributed by atoms with E-state index in [9.17, 15) is 17.6 Å². The third-order valence-electron chi connectivity index (χ3n) is 5.15. The van der Waals surface area contributed by atoms with Crippen LogP contribution in [-0.4, -0.2) is 37.0 Å². The molecule has 5 nitrogen and oxygen atoms in total. The first kappa shape index (κ1) is 25.9. The van der Waals surface area contributed by atoms with Gasteiger partial charge < -0.3 is 10.6 Å². The van der Waals surface area contributed by atoms with Crippen molar-refractivity contribution in [2.75, 3.05) is 20.1 Å². The molecular formula is C22H24F4IN5. The maximum absolute atomic E-state index is 13.9. The van der Waals surface area contributed by atoms with Gasteiger partial charge in [0.2, 0.25) is 0 Å². The van der Waals surface area contributed by atoms with Crippen LogP contribution in [0.5, 0.6) is 0 Å². The zero-order valence-electron chi connectivity index (χ0n) is 17.4. The van der Waals surface area contributed by atoms with E-state index in [-0.39, 0.29) is 36.6 Å². The van der Waals surface area contributed by atoms with E-state index in [0.29, 0.717) is 30.2 Å². The number of halogens is 5. The Kier molecular flexibility index (Phi) is 9.27. The van der Waals surface area contributed by atoms with E-state index < -0.39 is 17.6 Å². The average Bonchev–Trinajstić information content (AvgIpc) is 3.18. The highest BCUT2D eigenvalue weighted by Crippen LogP contribution is 2.29. The Morgan fingerprint density at radius 1 is 1.22 bits per heavy atom. The lowest BCUT2D eigenvalue weighted by Gasteiger charge is -2.19. The number of likely N-dealkylation sites (tertiary alicyclic amines) is 1. The van der Waals surface area contributed by atoms with Crippen molar-refractivity contribution in [1.29, 1.82) is 5.26 Å². The fourth-order valence-electron chi connectivity index (χ4n) is 3.50. The third-order valence-corrected chi connectivity index (χ3v) is 5.15. The molecule has 0 aromatic heterocycles. The van der Waals surface area contributed by atoms with Crippen LogP contribution in [0.15, 0.2) is 47.5 Å². The number of hydrogen-bond donors (Lipinski definition) is 2. The second-order valence-corrected chi connectivity index (χ2v) is 7.40. The van der Waals surface area contributed by atoms with Crippen molar-refractivity contribution < 1.29 is 17.6 Å². The molecule has 10 heteroatoms. The van der Waals surface area contributed by atoms with Crippen LogP contribution in [0.2, 0.25) is 0 Å². The van der Waals surface area contributed by atoms with Gasteiger partial charge in [-0.2, -0.15) is 18.4 Å². The predicted molar refractivity (Wildman–Crippen MR) is 125 cm³/mol. The van der Waals surface area contributed by atoms with Crippen LogP contribution in [0.4, 0.5) is 17.6 Å². The summed E-state index contributed by atoms with van der Waals surface area (Å²) in [6.45, 7) is 2.26. The minimum absolute atomic E-state index is 0. The molecule has 1 aliphatic heterocycles. The van der Waals surface area contributed by atoms with Crippen molar-refractivity contribution in [3.63, 3.8) is 0 Å². The van der Waals surface area contributed by atoms with Gasteiger partial charge in [-0.1, -0.05) is 12.1 Å². The van der Waals surface area contributed by atoms with Gasteiger partial charge in [-0.3, -0.25) is 9.89 Å². The largest absolute Gasteiger partial charge is 0.416 e. The molecule has 0 radical (unpaired) electrons. The van der Waals surface area contributed by atoms with E-state index in [0.717, 1.165) is 30.7 Å². The first-order valence-corrected chi connectivity index (χ1v) is 9.82. The molecule has 1 saturated heterocycles. The van der Waals surface area contributed by atoms with Crippen molar-refractivity contribution >= 4 is 29.9 Å². The number of aliphatic imine (C=N–C) groups is 1. The monoisotopic (exact) mass is 561 g/mol. The molecule has 2 N–H and O–H groups in total. The minimum atomic E-state index is -4.33. The summed E-state index contributed by atoms with van der Waals surface area (Å²) in [5, 5.41) is 15.3. The lowest BCUT2D eigenvalue weighted by Crippen LogP contribution is -2.44. The van der Waals surface area contributed by atoms with Crippen LogP contribution in [0.3, 0.4) is 0 Å². The Labute approximate surface area is 201 Å². The first-order chi connectivity index (χ1) is 14.8. The molecule has 1 fully saturated rings. The number of hydrogen-bond acceptors (Lipinski definition) is 3. The second-order valence-electron chi connectivity index (χ2n) is 7.40. The fraction of sp³-hybridized carbons (Fsp3) is 0.364. The average molecular weight is 561 g/mol. The Bertz CT molecular complexity index is 970. The normalized spacial score (nSPS) is 16.9. The maximum Gasteiger partial charge on any atom is 0.416 e. The maximum atomic E-state index is 13.9. The lowest BCUT2D eigenvalue weighted by atomic mass is 10.1. The highest BCUT2D eigenvalue weighted by Gasteiger charge is 2.30. The summed E-state index contributed by atoms with van der Waals surface area (Å²) in [5.74, 6) is 0.119. The number of guanidine groups is 1. The Morgan fingerprint density at radius 2 is 1.94 bits per heavy atom. The molecule has 3 rings (SSSR count). The molecule has 1 aliphatic rings. The summed E-state index contributed by atoms with van der Waals surface area (Å²) in [6.07, 6.45) is -3.48. The molecule has 0 amide bonds. The summed E-state index contributed by atoms with van der Waals surface area (Å²) in [4.78, 5) is 6.32. The van der Waals surface area contributed by atoms with Gasteiger partial charge in [0.15, 0.2) is 5.96 Å². The van der Waals surface area contributed by atoms with Crippen LogP contribution in [-0.2, 0) is 19.3 Å². The second kappa shape index (κ2) is 11.5. The quantitative estimate of drug-likeness (QED) is 0.248. The van der Waals surface area contributed by atoms with Gasteiger partial charge in [-0.25, -0.2) is 4.39 Å². The molecule has 1 atom stereocenters. The molecule has 2 aromatic carbocycles. The van der Waals surface area contributed by atoms with Crippen LogP contribution >= 0.6 is 24.0 Å². The number of benzene rings is 2. The standard InChI is InChI=1S/C22H23F4N5.HI/c1-28-21(29-12-17-10-16(11-27)4-7-20(17)23)30-19-8-9-31(14-19)13-15-2-5-18(6-3-15)22(24,25)26;/h2-7,10,19H,8-9,12-14H2,1H3,(H2,28,29,30);1H. The number of nitriles is 1. The molecule has 32 heavy (non-hydrogen) atoms. The molecular weight excluding hydrogens is 537 g/mol. The molecule has 172 valence electrons. The van der Waals surface area contributed by atoms with Crippen LogP contribution in [0, 0.1) is 17.1 Å². The molecule has 2 aromatic rings. The van der Waals surface area contributed by atoms with E-state index in [1.165, 1.54) is 30.3 Å². The highest BCUT2D eigenvalue weighted by atomic mass is 127. The Hall–Kier alpha value is -2.39. The fourth-order valence-corrected chi connectivity index (χ4v) is 3.50. The van der Waals surface area contributed by atoms with Crippen LogP contribution in [0.25, 0.3) is 0 Å². The van der Waals surface area contributed by atoms with E-state index in [4.69, 9.17) is 5.26 Å². The van der Waals surface area contributed by atoms with Crippen molar-refractivity contribution in [3.05, 3.63) is 70.5 Å². The number of rotatable bonds is 5. The van der Waals surface area contributed by atoms with E-state index in [1.54, 1.807) is 7.05 Å². The van der Waals surface area contributed by atoms with Gasteiger partial charge in [0.1, 0.15) is 5.82 Å². The molecule has 0 aliphatic carbocycles. The van der Waals surface area contributed by atoms with Crippen LogP contribution in [0.1, 0.15) is 28.7 Å². The lowest BCUT2D eigenvalue weighted by molar-refractivity contribution is -0.137. The highest BCUT2D eigenvalue weighted by molar-refractivity contribution is 14.0. The van der Waals surface area contributed by atoms with Crippen molar-refractivity contribution in [2.24, 2.45) is 4.99 Å². The van der Waals surface area contributed by atoms with Gasteiger partial charge in [-0.05, 0) is 42.3 Å². The molecule has 1 heterocycles. The SMILES string of the molecule is CN=C(NCc1cc(C#N)ccc1F)NC1CCN(Cc2ccc(C(F)(F)F)cc2)C1.I. The number of nitrogens with zero attached hydrogens (tertiary/aromatic N) is 3. The molecule has 1 unspecified atom stereocenters. The smallest absolute Gasteiger partial charge is 0.352 e. The number of alkyl halides is 3. The van der Waals surface area contributed by atoms with Gasteiger partial charge in [0.25, 0.3) is 0 Å². The Balaban J connectivity index is 0.00000363. The predicted octanol–water partition coefficient (Wildman–Crippen LogP) is 4.27. The zero-order chi connectivity index (χ0) is 22.4. The van der Waals surface area contributed by atoms with Gasteiger partial charge in [0, 0.05) is 44.8 Å². The summed E-state index contributed by atoms with van der Waals surface area (Å²) >= 11 is 0. The summed E-state index contributed by atoms with van der Waals surface area (Å²) < 4.78 is 52.0. The first-order valence-electron chi connectivity index (χ1n) is 9.82. The summed E-state index contributed by atoms with van der Waals surface area (Å²) in [6, 6.07) is 11.5. The molecule has 0 bridgehead atoms. The topological polar surface area (TPSA) is 63.5 Å². The van der Waals surface area contributed by atoms with E-state index in [2.05, 4.69) is 20.5 Å². The summed E-state index contributed by atoms with van der Waals surface area (Å²) in [7, 11) is 1.62. The van der Waals surface area contributed by atoms with Gasteiger partial charge in [0.05, 0.1) is 17.2 Å². The van der Waals surface area contributed by atoms with Crippen molar-refractivity contribution in [2.45, 2.75) is 31.7 Å². The van der Waals surface area contributed by atoms with Crippen LogP contribution < -0.4 is 10.6 Å². The third kappa shape index (κ3) is 7.06. The minimum Gasteiger partial charge on any atom is -0.352 e. The zero-order valence-corrected chi connectivity index (χ0v) is 19.7. The Morgan fingerprint density at radius 3 is 2.56 bits per heavy atom. The van der Waals surface area contributed by atoms with Crippen molar-refractivity contribution in [1.82, 2.24) is 15.5 Å². The molecule has 0 spiro atoms. The molecule has 0 saturated carbocycles. The van der Waals surface area contributed by atoms with Crippen molar-refractivity contribution in [3.8, 4) is 6.07 Å².